The zero-order chi connectivity index (χ0) is 13.8. The standard InChI is InChI=1S/C13H13FN4S/c1-9(7-15)8-19-13-17-16-12(18(13)2)10-3-5-11(14)6-4-10/h3-6,9H,8H2,1-2H3/t9-/m0/s1. The number of nitrogens with zero attached hydrogens (tertiary/aromatic N) is 4. The summed E-state index contributed by atoms with van der Waals surface area (Å²) in [5, 5.41) is 17.7. The zero-order valence-electron chi connectivity index (χ0n) is 10.7. The molecule has 1 aromatic heterocycles. The SMILES string of the molecule is C[C@@H](C#N)CSc1nnc(-c2ccc(F)cc2)n1C. The van der Waals surface area contributed by atoms with Crippen molar-refractivity contribution in [3.63, 3.8) is 0 Å². The molecule has 0 saturated carbocycles. The van der Waals surface area contributed by atoms with Crippen molar-refractivity contribution < 1.29 is 4.39 Å². The highest BCUT2D eigenvalue weighted by molar-refractivity contribution is 7.99. The summed E-state index contributed by atoms with van der Waals surface area (Å²) < 4.78 is 14.7. The van der Waals surface area contributed by atoms with E-state index in [0.29, 0.717) is 11.6 Å². The van der Waals surface area contributed by atoms with Gasteiger partial charge in [0, 0.05) is 18.4 Å². The topological polar surface area (TPSA) is 54.5 Å². The predicted octanol–water partition coefficient (Wildman–Crippen LogP) is 2.87. The summed E-state index contributed by atoms with van der Waals surface area (Å²) in [6.07, 6.45) is 0. The third-order valence-corrected chi connectivity index (χ3v) is 3.90. The maximum Gasteiger partial charge on any atom is 0.191 e. The van der Waals surface area contributed by atoms with Crippen molar-refractivity contribution in [2.24, 2.45) is 13.0 Å². The Hall–Kier alpha value is -1.87. The van der Waals surface area contributed by atoms with E-state index in [0.717, 1.165) is 10.7 Å². The number of hydrogen-bond donors (Lipinski definition) is 0. The van der Waals surface area contributed by atoms with Crippen molar-refractivity contribution >= 4 is 11.8 Å². The van der Waals surface area contributed by atoms with E-state index in [1.807, 2.05) is 18.5 Å². The van der Waals surface area contributed by atoms with Gasteiger partial charge in [-0.25, -0.2) is 4.39 Å². The van der Waals surface area contributed by atoms with Crippen LogP contribution in [0.2, 0.25) is 0 Å². The minimum atomic E-state index is -0.275. The van der Waals surface area contributed by atoms with Gasteiger partial charge >= 0.3 is 0 Å². The highest BCUT2D eigenvalue weighted by Gasteiger charge is 2.12. The summed E-state index contributed by atoms with van der Waals surface area (Å²) in [4.78, 5) is 0. The van der Waals surface area contributed by atoms with Crippen molar-refractivity contribution in [2.45, 2.75) is 12.1 Å². The lowest BCUT2D eigenvalue weighted by Crippen LogP contribution is -1.98. The summed E-state index contributed by atoms with van der Waals surface area (Å²) in [6.45, 7) is 1.87. The van der Waals surface area contributed by atoms with Crippen LogP contribution in [0.4, 0.5) is 4.39 Å². The van der Waals surface area contributed by atoms with Crippen molar-refractivity contribution in [3.8, 4) is 17.5 Å². The van der Waals surface area contributed by atoms with Crippen molar-refractivity contribution in [3.05, 3.63) is 30.1 Å². The Morgan fingerprint density at radius 1 is 1.37 bits per heavy atom. The number of rotatable bonds is 4. The van der Waals surface area contributed by atoms with Crippen LogP contribution >= 0.6 is 11.8 Å². The third kappa shape index (κ3) is 3.12. The van der Waals surface area contributed by atoms with Crippen LogP contribution in [0.5, 0.6) is 0 Å². The lowest BCUT2D eigenvalue weighted by atomic mass is 10.2. The van der Waals surface area contributed by atoms with Gasteiger partial charge in [-0.15, -0.1) is 10.2 Å². The molecular weight excluding hydrogens is 263 g/mol. The molecule has 4 nitrogen and oxygen atoms in total. The van der Waals surface area contributed by atoms with Crippen molar-refractivity contribution in [2.75, 3.05) is 5.75 Å². The molecule has 98 valence electrons. The monoisotopic (exact) mass is 276 g/mol. The van der Waals surface area contributed by atoms with Crippen molar-refractivity contribution in [1.29, 1.82) is 5.26 Å². The van der Waals surface area contributed by atoms with Gasteiger partial charge in [-0.05, 0) is 31.2 Å². The molecule has 0 radical (unpaired) electrons. The molecule has 2 rings (SSSR count). The quantitative estimate of drug-likeness (QED) is 0.806. The molecule has 0 saturated heterocycles. The first-order chi connectivity index (χ1) is 9.11. The van der Waals surface area contributed by atoms with Crippen molar-refractivity contribution in [1.82, 2.24) is 14.8 Å². The number of hydrogen-bond acceptors (Lipinski definition) is 4. The van der Waals surface area contributed by atoms with Gasteiger partial charge in [-0.3, -0.25) is 0 Å². The fourth-order valence-corrected chi connectivity index (χ4v) is 2.38. The average molecular weight is 276 g/mol. The summed E-state index contributed by atoms with van der Waals surface area (Å²) in [5.74, 6) is 1.05. The number of benzene rings is 1. The lowest BCUT2D eigenvalue weighted by molar-refractivity contribution is 0.628. The molecule has 6 heteroatoms. The fourth-order valence-electron chi connectivity index (χ4n) is 1.53. The number of aromatic nitrogens is 3. The predicted molar refractivity (Wildman–Crippen MR) is 71.9 cm³/mol. The Balaban J connectivity index is 2.18. The fraction of sp³-hybridized carbons (Fsp3) is 0.308. The van der Waals surface area contributed by atoms with Crippen LogP contribution < -0.4 is 0 Å². The molecule has 2 aromatic rings. The van der Waals surface area contributed by atoms with E-state index in [1.165, 1.54) is 23.9 Å². The van der Waals surface area contributed by atoms with Crippen LogP contribution in [0.25, 0.3) is 11.4 Å². The van der Waals surface area contributed by atoms with Gasteiger partial charge in [0.1, 0.15) is 5.82 Å². The zero-order valence-corrected chi connectivity index (χ0v) is 11.5. The van der Waals surface area contributed by atoms with Gasteiger partial charge in [-0.1, -0.05) is 11.8 Å². The van der Waals surface area contributed by atoms with E-state index in [1.54, 1.807) is 12.1 Å². The Kier molecular flexibility index (Phi) is 4.17. The average Bonchev–Trinajstić information content (AvgIpc) is 2.78. The molecular formula is C13H13FN4S. The maximum atomic E-state index is 12.9. The molecule has 19 heavy (non-hydrogen) atoms. The van der Waals surface area contributed by atoms with Crippen LogP contribution in [-0.2, 0) is 7.05 Å². The second kappa shape index (κ2) is 5.85. The molecule has 0 N–H and O–H groups in total. The van der Waals surface area contributed by atoms with Crippen LogP contribution in [0, 0.1) is 23.1 Å². The summed E-state index contributed by atoms with van der Waals surface area (Å²) in [5.41, 5.74) is 0.816. The van der Waals surface area contributed by atoms with E-state index in [-0.39, 0.29) is 11.7 Å². The van der Waals surface area contributed by atoms with Gasteiger partial charge in [0.2, 0.25) is 0 Å². The highest BCUT2D eigenvalue weighted by atomic mass is 32.2. The molecule has 0 aliphatic carbocycles. The number of halogens is 1. The smallest absolute Gasteiger partial charge is 0.191 e. The Labute approximate surface area is 115 Å². The molecule has 0 amide bonds. The molecule has 0 fully saturated rings. The normalized spacial score (nSPS) is 12.1. The second-order valence-electron chi connectivity index (χ2n) is 4.21. The first kappa shape index (κ1) is 13.6. The second-order valence-corrected chi connectivity index (χ2v) is 5.20. The summed E-state index contributed by atoms with van der Waals surface area (Å²) in [6, 6.07) is 8.32. The van der Waals surface area contributed by atoms with Gasteiger partial charge < -0.3 is 4.57 Å². The summed E-state index contributed by atoms with van der Waals surface area (Å²) >= 11 is 1.49. The molecule has 1 aromatic carbocycles. The Bertz CT molecular complexity index is 600. The van der Waals surface area contributed by atoms with E-state index in [4.69, 9.17) is 5.26 Å². The number of nitriles is 1. The van der Waals surface area contributed by atoms with Crippen LogP contribution in [0.3, 0.4) is 0 Å². The first-order valence-corrected chi connectivity index (χ1v) is 6.78. The van der Waals surface area contributed by atoms with Crippen LogP contribution in [0.1, 0.15) is 6.92 Å². The molecule has 0 aliphatic rings. The molecule has 0 bridgehead atoms. The maximum absolute atomic E-state index is 12.9. The van der Waals surface area contributed by atoms with Gasteiger partial charge in [0.15, 0.2) is 11.0 Å². The Morgan fingerprint density at radius 2 is 2.05 bits per heavy atom. The van der Waals surface area contributed by atoms with Gasteiger partial charge in [0.05, 0.1) is 12.0 Å². The van der Waals surface area contributed by atoms with E-state index < -0.39 is 0 Å². The minimum absolute atomic E-state index is 0.0315. The van der Waals surface area contributed by atoms with Crippen LogP contribution in [0.15, 0.2) is 29.4 Å². The number of thioether (sulfide) groups is 1. The van der Waals surface area contributed by atoms with E-state index >= 15 is 0 Å². The lowest BCUT2D eigenvalue weighted by Gasteiger charge is -2.04. The highest BCUT2D eigenvalue weighted by Crippen LogP contribution is 2.23. The molecule has 0 spiro atoms. The third-order valence-electron chi connectivity index (χ3n) is 2.62. The van der Waals surface area contributed by atoms with E-state index in [2.05, 4.69) is 16.3 Å². The van der Waals surface area contributed by atoms with Crippen LogP contribution in [-0.4, -0.2) is 20.5 Å². The largest absolute Gasteiger partial charge is 0.305 e. The van der Waals surface area contributed by atoms with Gasteiger partial charge in [-0.2, -0.15) is 5.26 Å². The minimum Gasteiger partial charge on any atom is -0.305 e. The molecule has 1 heterocycles. The van der Waals surface area contributed by atoms with Gasteiger partial charge in [0.25, 0.3) is 0 Å². The Morgan fingerprint density at radius 3 is 2.68 bits per heavy atom. The van der Waals surface area contributed by atoms with E-state index in [9.17, 15) is 4.39 Å². The summed E-state index contributed by atoms with van der Waals surface area (Å²) in [7, 11) is 1.86. The first-order valence-electron chi connectivity index (χ1n) is 5.79. The molecule has 0 unspecified atom stereocenters. The molecule has 1 atom stereocenters. The molecule has 0 aliphatic heterocycles.